The van der Waals surface area contributed by atoms with Gasteiger partial charge in [0.15, 0.2) is 6.10 Å². The highest BCUT2D eigenvalue weighted by molar-refractivity contribution is 6.91. The number of esters is 1. The van der Waals surface area contributed by atoms with Crippen LogP contribution in [0.5, 0.6) is 0 Å². The number of carbonyl (C=O) groups is 1. The number of hydrogen-bond acceptors (Lipinski definition) is 3. The molecule has 1 unspecified atom stereocenters. The van der Waals surface area contributed by atoms with Crippen molar-refractivity contribution in [2.24, 2.45) is 0 Å². The molecule has 0 spiro atoms. The molecule has 0 aliphatic heterocycles. The molecule has 0 N–H and O–H groups in total. The number of hydrogen-bond donors (Lipinski definition) is 0. The molecule has 0 fully saturated rings. The molecule has 0 saturated carbocycles. The van der Waals surface area contributed by atoms with Gasteiger partial charge in [-0.15, -0.1) is 0 Å². The van der Waals surface area contributed by atoms with Crippen molar-refractivity contribution in [1.29, 1.82) is 0 Å². The number of aryl methyl sites for hydroxylation is 1. The quantitative estimate of drug-likeness (QED) is 0.275. The number of ether oxygens (including phenoxy) is 1. The molecule has 150 valence electrons. The second kappa shape index (κ2) is 9.30. The van der Waals surface area contributed by atoms with Gasteiger partial charge in [0, 0.05) is 18.9 Å². The van der Waals surface area contributed by atoms with E-state index in [1.807, 2.05) is 12.1 Å². The fourth-order valence-electron chi connectivity index (χ4n) is 2.72. The zero-order valence-corrected chi connectivity index (χ0v) is 19.0. The molecule has 1 atom stereocenters. The van der Waals surface area contributed by atoms with Gasteiger partial charge in [0.1, 0.15) is 8.07 Å². The predicted molar refractivity (Wildman–Crippen MR) is 117 cm³/mol. The summed E-state index contributed by atoms with van der Waals surface area (Å²) in [5, 5.41) is 1.18. The van der Waals surface area contributed by atoms with Crippen LogP contribution in [0, 0.1) is 11.8 Å². The fourth-order valence-corrected chi connectivity index (χ4v) is 4.34. The van der Waals surface area contributed by atoms with Crippen LogP contribution < -0.4 is 5.38 Å². The lowest BCUT2D eigenvalue weighted by Gasteiger charge is -2.34. The zero-order valence-electron chi connectivity index (χ0n) is 18.0. The Morgan fingerprint density at radius 1 is 1.21 bits per heavy atom. The molecule has 1 heterocycles. The lowest BCUT2D eigenvalue weighted by molar-refractivity contribution is -0.144. The van der Waals surface area contributed by atoms with E-state index in [9.17, 15) is 4.79 Å². The van der Waals surface area contributed by atoms with E-state index in [1.165, 1.54) is 12.5 Å². The molecule has 0 radical (unpaired) electrons. The average molecular weight is 397 g/mol. The Labute approximate surface area is 170 Å². The van der Waals surface area contributed by atoms with E-state index in [0.717, 1.165) is 30.2 Å². The number of furan rings is 1. The number of benzene rings is 1. The largest absolute Gasteiger partial charge is 0.474 e. The summed E-state index contributed by atoms with van der Waals surface area (Å²) >= 11 is 0. The van der Waals surface area contributed by atoms with Crippen molar-refractivity contribution in [3.8, 4) is 11.8 Å². The Kier molecular flexibility index (Phi) is 7.32. The first-order valence-electron chi connectivity index (χ1n) is 9.89. The van der Waals surface area contributed by atoms with E-state index < -0.39 is 14.2 Å². The van der Waals surface area contributed by atoms with Gasteiger partial charge < -0.3 is 9.15 Å². The molecule has 2 aromatic rings. The lowest BCUT2D eigenvalue weighted by Crippen LogP contribution is -2.48. The van der Waals surface area contributed by atoms with E-state index in [2.05, 4.69) is 70.0 Å². The second-order valence-electron chi connectivity index (χ2n) is 8.77. The second-order valence-corrected chi connectivity index (χ2v) is 14.0. The molecule has 2 rings (SSSR count). The van der Waals surface area contributed by atoms with Crippen molar-refractivity contribution in [1.82, 2.24) is 0 Å². The average Bonchev–Trinajstić information content (AvgIpc) is 3.11. The van der Waals surface area contributed by atoms with Gasteiger partial charge in [0.2, 0.25) is 0 Å². The smallest absolute Gasteiger partial charge is 0.304 e. The fraction of sp³-hybridized carbons (Fsp3) is 0.458. The van der Waals surface area contributed by atoms with Gasteiger partial charge in [0.05, 0.1) is 11.6 Å². The summed E-state index contributed by atoms with van der Waals surface area (Å²) in [5.41, 5.74) is 2.14. The first kappa shape index (κ1) is 22.0. The van der Waals surface area contributed by atoms with Crippen molar-refractivity contribution >= 4 is 19.4 Å². The Balaban J connectivity index is 2.07. The predicted octanol–water partition coefficient (Wildman–Crippen LogP) is 5.63. The molecule has 3 nitrogen and oxygen atoms in total. The van der Waals surface area contributed by atoms with Gasteiger partial charge in [0.25, 0.3) is 0 Å². The molecule has 0 aliphatic rings. The highest BCUT2D eigenvalue weighted by atomic mass is 28.3. The van der Waals surface area contributed by atoms with Crippen LogP contribution in [0.3, 0.4) is 0 Å². The number of rotatable bonds is 6. The van der Waals surface area contributed by atoms with Crippen molar-refractivity contribution in [3.05, 3.63) is 53.8 Å². The summed E-state index contributed by atoms with van der Waals surface area (Å²) in [4.78, 5) is 11.6. The van der Waals surface area contributed by atoms with Crippen LogP contribution in [0.2, 0.25) is 18.1 Å². The highest BCUT2D eigenvalue weighted by Crippen LogP contribution is 2.36. The molecular formula is C24H32O3Si. The molecule has 0 saturated heterocycles. The SMILES string of the molecule is CC(=O)OC(C#CCCCc1ccccc1)c1coc([Si](C)(C)C(C)(C)C)c1. The summed E-state index contributed by atoms with van der Waals surface area (Å²) in [5.74, 6) is 5.97. The van der Waals surface area contributed by atoms with Gasteiger partial charge in [-0.05, 0) is 29.5 Å². The van der Waals surface area contributed by atoms with E-state index in [4.69, 9.17) is 9.15 Å². The Hall–Kier alpha value is -2.25. The van der Waals surface area contributed by atoms with Crippen molar-refractivity contribution in [2.45, 2.75) is 71.2 Å². The highest BCUT2D eigenvalue weighted by Gasteiger charge is 2.40. The van der Waals surface area contributed by atoms with Crippen LogP contribution >= 0.6 is 0 Å². The van der Waals surface area contributed by atoms with Gasteiger partial charge >= 0.3 is 5.97 Å². The van der Waals surface area contributed by atoms with Gasteiger partial charge in [-0.1, -0.05) is 76.0 Å². The first-order chi connectivity index (χ1) is 13.1. The topological polar surface area (TPSA) is 39.4 Å². The van der Waals surface area contributed by atoms with E-state index >= 15 is 0 Å². The lowest BCUT2D eigenvalue weighted by atomic mass is 10.1. The standard InChI is InChI=1S/C24H32O3Si/c1-19(25)27-22(16-12-8-11-15-20-13-9-7-10-14-20)21-17-23(26-18-21)28(5,6)24(2,3)4/h7,9-10,13-14,17-18,22H,8,11,15H2,1-6H3. The van der Waals surface area contributed by atoms with Gasteiger partial charge in [-0.2, -0.15) is 0 Å². The van der Waals surface area contributed by atoms with Crippen LogP contribution in [0.4, 0.5) is 0 Å². The summed E-state index contributed by atoms with van der Waals surface area (Å²) < 4.78 is 11.4. The van der Waals surface area contributed by atoms with Gasteiger partial charge in [-0.25, -0.2) is 0 Å². The normalized spacial score (nSPS) is 12.8. The third kappa shape index (κ3) is 5.87. The maximum Gasteiger partial charge on any atom is 0.304 e. The minimum atomic E-state index is -1.78. The number of unbranched alkanes of at least 4 members (excludes halogenated alkanes) is 1. The van der Waals surface area contributed by atoms with Crippen LogP contribution in [0.15, 0.2) is 47.1 Å². The molecule has 0 bridgehead atoms. The summed E-state index contributed by atoms with van der Waals surface area (Å²) in [6.07, 6.45) is 3.86. The van der Waals surface area contributed by atoms with E-state index in [-0.39, 0.29) is 11.0 Å². The molecule has 28 heavy (non-hydrogen) atoms. The maximum absolute atomic E-state index is 11.6. The van der Waals surface area contributed by atoms with Gasteiger partial charge in [-0.3, -0.25) is 4.79 Å². The molecule has 0 aliphatic carbocycles. The molecule has 1 aromatic heterocycles. The Morgan fingerprint density at radius 3 is 2.50 bits per heavy atom. The van der Waals surface area contributed by atoms with Crippen molar-refractivity contribution in [2.75, 3.05) is 0 Å². The zero-order chi connectivity index (χ0) is 20.8. The molecule has 1 aromatic carbocycles. The van der Waals surface area contributed by atoms with Crippen LogP contribution in [-0.4, -0.2) is 14.0 Å². The Bertz CT molecular complexity index is 832. The van der Waals surface area contributed by atoms with Crippen LogP contribution in [-0.2, 0) is 16.0 Å². The molecule has 0 amide bonds. The van der Waals surface area contributed by atoms with E-state index in [0.29, 0.717) is 0 Å². The van der Waals surface area contributed by atoms with Crippen molar-refractivity contribution in [3.63, 3.8) is 0 Å². The minimum absolute atomic E-state index is 0.169. The van der Waals surface area contributed by atoms with Crippen LogP contribution in [0.25, 0.3) is 0 Å². The first-order valence-corrected chi connectivity index (χ1v) is 12.9. The summed E-state index contributed by atoms with van der Waals surface area (Å²) in [6, 6.07) is 12.4. The Morgan fingerprint density at radius 2 is 1.89 bits per heavy atom. The van der Waals surface area contributed by atoms with E-state index in [1.54, 1.807) is 6.26 Å². The third-order valence-corrected chi connectivity index (χ3v) is 10.8. The molecule has 4 heteroatoms. The summed E-state index contributed by atoms with van der Waals surface area (Å²) in [6.45, 7) is 12.8. The molecular weight excluding hydrogens is 364 g/mol. The monoisotopic (exact) mass is 396 g/mol. The summed E-state index contributed by atoms with van der Waals surface area (Å²) in [7, 11) is -1.78. The third-order valence-electron chi connectivity index (χ3n) is 5.54. The van der Waals surface area contributed by atoms with Crippen molar-refractivity contribution < 1.29 is 13.9 Å². The minimum Gasteiger partial charge on any atom is -0.474 e. The van der Waals surface area contributed by atoms with Crippen LogP contribution in [0.1, 0.15) is 57.8 Å². The number of carbonyl (C=O) groups excluding carboxylic acids is 1. The maximum atomic E-state index is 11.6.